The maximum absolute atomic E-state index is 13.9. The average Bonchev–Trinajstić information content (AvgIpc) is 2.57. The van der Waals surface area contributed by atoms with Crippen molar-refractivity contribution in [1.29, 1.82) is 0 Å². The Morgan fingerprint density at radius 3 is 2.67 bits per heavy atom. The predicted octanol–water partition coefficient (Wildman–Crippen LogP) is 0.0366. The third kappa shape index (κ3) is 3.06. The molecule has 24 heavy (non-hydrogen) atoms. The number of hydrazone groups is 1. The molecule has 0 aliphatic carbocycles. The zero-order valence-electron chi connectivity index (χ0n) is 12.6. The van der Waals surface area contributed by atoms with Crippen LogP contribution in [0.3, 0.4) is 0 Å². The minimum atomic E-state index is -0.939. The summed E-state index contributed by atoms with van der Waals surface area (Å²) in [6, 6.07) is 5.43. The molecule has 0 bridgehead atoms. The van der Waals surface area contributed by atoms with E-state index in [1.807, 2.05) is 0 Å². The van der Waals surface area contributed by atoms with Gasteiger partial charge in [0.15, 0.2) is 0 Å². The van der Waals surface area contributed by atoms with Crippen LogP contribution < -0.4 is 11.2 Å². The van der Waals surface area contributed by atoms with Crippen molar-refractivity contribution in [3.8, 4) is 11.6 Å². The fraction of sp³-hybridized carbons (Fsp3) is 0.267. The number of halogens is 1. The van der Waals surface area contributed by atoms with E-state index in [2.05, 4.69) is 10.1 Å². The maximum Gasteiger partial charge on any atom is 0.335 e. The lowest BCUT2D eigenvalue weighted by atomic mass is 10.2. The molecule has 126 valence electrons. The summed E-state index contributed by atoms with van der Waals surface area (Å²) >= 11 is 0. The number of rotatable bonds is 3. The first-order chi connectivity index (χ1) is 11.6. The molecule has 3 rings (SSSR count). The Bertz CT molecular complexity index is 884. The van der Waals surface area contributed by atoms with Gasteiger partial charge in [0.1, 0.15) is 11.4 Å². The van der Waals surface area contributed by atoms with Gasteiger partial charge < -0.3 is 9.84 Å². The highest BCUT2D eigenvalue weighted by Crippen LogP contribution is 2.17. The third-order valence-corrected chi connectivity index (χ3v) is 3.55. The number of aromatic nitrogens is 2. The van der Waals surface area contributed by atoms with E-state index in [1.54, 1.807) is 5.01 Å². The molecule has 2 N–H and O–H groups in total. The van der Waals surface area contributed by atoms with E-state index in [9.17, 15) is 19.1 Å². The standard InChI is InChI=1S/C15H15FN4O4/c16-11-3-1-2-4-12(11)20-14(22)10(13(21)18-15(20)23)9-17-19-5-7-24-8-6-19/h1-4,9,22H,5-8H2,(H,18,21,23)/b17-9+. The first kappa shape index (κ1) is 15.9. The van der Waals surface area contributed by atoms with E-state index < -0.39 is 22.9 Å². The van der Waals surface area contributed by atoms with E-state index in [0.29, 0.717) is 30.9 Å². The molecule has 0 amide bonds. The Morgan fingerprint density at radius 1 is 1.25 bits per heavy atom. The number of nitrogens with one attached hydrogen (secondary N) is 1. The molecule has 1 aromatic carbocycles. The Morgan fingerprint density at radius 2 is 1.96 bits per heavy atom. The molecule has 0 saturated carbocycles. The van der Waals surface area contributed by atoms with Crippen LogP contribution in [0, 0.1) is 5.82 Å². The second-order valence-electron chi connectivity index (χ2n) is 5.09. The third-order valence-electron chi connectivity index (χ3n) is 3.55. The van der Waals surface area contributed by atoms with E-state index in [1.165, 1.54) is 18.2 Å². The molecule has 8 nitrogen and oxygen atoms in total. The molecule has 1 aromatic heterocycles. The Balaban J connectivity index is 2.06. The number of morpholine rings is 1. The molecule has 2 aromatic rings. The second-order valence-corrected chi connectivity index (χ2v) is 5.09. The van der Waals surface area contributed by atoms with Gasteiger partial charge in [-0.3, -0.25) is 14.8 Å². The predicted molar refractivity (Wildman–Crippen MR) is 84.3 cm³/mol. The number of H-pyrrole nitrogens is 1. The molecule has 0 radical (unpaired) electrons. The highest BCUT2D eigenvalue weighted by molar-refractivity contribution is 5.82. The van der Waals surface area contributed by atoms with Crippen LogP contribution >= 0.6 is 0 Å². The van der Waals surface area contributed by atoms with Gasteiger partial charge in [-0.2, -0.15) is 5.10 Å². The zero-order valence-corrected chi connectivity index (χ0v) is 12.6. The molecule has 9 heteroatoms. The summed E-state index contributed by atoms with van der Waals surface area (Å²) in [5.74, 6) is -1.39. The second kappa shape index (κ2) is 6.67. The van der Waals surface area contributed by atoms with Gasteiger partial charge in [0, 0.05) is 0 Å². The van der Waals surface area contributed by atoms with Gasteiger partial charge in [-0.15, -0.1) is 0 Å². The minimum Gasteiger partial charge on any atom is -0.493 e. The number of aromatic amines is 1. The van der Waals surface area contributed by atoms with E-state index in [4.69, 9.17) is 4.74 Å². The minimum absolute atomic E-state index is 0.169. The van der Waals surface area contributed by atoms with Crippen molar-refractivity contribution >= 4 is 6.21 Å². The van der Waals surface area contributed by atoms with Crippen molar-refractivity contribution in [3.63, 3.8) is 0 Å². The first-order valence-corrected chi connectivity index (χ1v) is 7.28. The highest BCUT2D eigenvalue weighted by Gasteiger charge is 2.17. The maximum atomic E-state index is 13.9. The van der Waals surface area contributed by atoms with Crippen LogP contribution in [0.2, 0.25) is 0 Å². The summed E-state index contributed by atoms with van der Waals surface area (Å²) in [7, 11) is 0. The van der Waals surface area contributed by atoms with Crippen LogP contribution in [0.4, 0.5) is 4.39 Å². The summed E-state index contributed by atoms with van der Waals surface area (Å²) in [5, 5.41) is 16.1. The molecular formula is C15H15FN4O4. The van der Waals surface area contributed by atoms with Crippen molar-refractivity contribution in [2.75, 3.05) is 26.3 Å². The van der Waals surface area contributed by atoms with Crippen LogP contribution in [-0.2, 0) is 4.74 Å². The molecule has 1 fully saturated rings. The quantitative estimate of drug-likeness (QED) is 0.772. The van der Waals surface area contributed by atoms with Crippen molar-refractivity contribution in [2.24, 2.45) is 5.10 Å². The van der Waals surface area contributed by atoms with Crippen LogP contribution in [0.15, 0.2) is 39.0 Å². The van der Waals surface area contributed by atoms with Gasteiger partial charge in [-0.1, -0.05) is 12.1 Å². The largest absolute Gasteiger partial charge is 0.493 e. The lowest BCUT2D eigenvalue weighted by molar-refractivity contribution is 0.0396. The molecular weight excluding hydrogens is 319 g/mol. The molecule has 0 atom stereocenters. The lowest BCUT2D eigenvalue weighted by Gasteiger charge is -2.23. The molecule has 1 aliphatic rings. The Labute approximate surface area is 135 Å². The van der Waals surface area contributed by atoms with Gasteiger partial charge in [-0.25, -0.2) is 13.8 Å². The highest BCUT2D eigenvalue weighted by atomic mass is 19.1. The van der Waals surface area contributed by atoms with E-state index in [0.717, 1.165) is 12.3 Å². The monoisotopic (exact) mass is 334 g/mol. The normalized spacial score (nSPS) is 15.1. The summed E-state index contributed by atoms with van der Waals surface area (Å²) < 4.78 is 19.8. The van der Waals surface area contributed by atoms with Crippen LogP contribution in [0.5, 0.6) is 5.88 Å². The van der Waals surface area contributed by atoms with Crippen molar-refractivity contribution in [2.45, 2.75) is 0 Å². The molecule has 1 aliphatic heterocycles. The summed E-state index contributed by atoms with van der Waals surface area (Å²) in [6.07, 6.45) is 1.15. The van der Waals surface area contributed by atoms with E-state index in [-0.39, 0.29) is 11.3 Å². The Hall–Kier alpha value is -2.94. The number of nitrogens with zero attached hydrogens (tertiary/aromatic N) is 3. The van der Waals surface area contributed by atoms with Crippen molar-refractivity contribution in [3.05, 3.63) is 56.5 Å². The molecule has 1 saturated heterocycles. The molecule has 0 unspecified atom stereocenters. The van der Waals surface area contributed by atoms with Gasteiger partial charge in [-0.05, 0) is 12.1 Å². The summed E-state index contributed by atoms with van der Waals surface area (Å²) in [6.45, 7) is 2.10. The van der Waals surface area contributed by atoms with Crippen LogP contribution in [-0.4, -0.2) is 52.2 Å². The fourth-order valence-electron chi connectivity index (χ4n) is 2.32. The lowest BCUT2D eigenvalue weighted by Crippen LogP contribution is -2.34. The van der Waals surface area contributed by atoms with Gasteiger partial charge in [0.25, 0.3) is 5.56 Å². The summed E-state index contributed by atoms with van der Waals surface area (Å²) in [5.41, 5.74) is -2.14. The van der Waals surface area contributed by atoms with Crippen molar-refractivity contribution < 1.29 is 14.2 Å². The number of hydrogen-bond donors (Lipinski definition) is 2. The number of aromatic hydroxyl groups is 1. The molecule has 2 heterocycles. The molecule has 0 spiro atoms. The van der Waals surface area contributed by atoms with Crippen LogP contribution in [0.25, 0.3) is 5.69 Å². The zero-order chi connectivity index (χ0) is 17.1. The number of para-hydroxylation sites is 1. The fourth-order valence-corrected chi connectivity index (χ4v) is 2.32. The smallest absolute Gasteiger partial charge is 0.335 e. The SMILES string of the molecule is O=c1[nH]c(=O)n(-c2ccccc2F)c(O)c1/C=N/N1CCOCC1. The number of ether oxygens (including phenoxy) is 1. The number of hydrogen-bond acceptors (Lipinski definition) is 6. The average molecular weight is 334 g/mol. The van der Waals surface area contributed by atoms with Gasteiger partial charge in [0.05, 0.1) is 38.2 Å². The first-order valence-electron chi connectivity index (χ1n) is 7.28. The van der Waals surface area contributed by atoms with Crippen LogP contribution in [0.1, 0.15) is 5.56 Å². The van der Waals surface area contributed by atoms with Gasteiger partial charge in [0.2, 0.25) is 5.88 Å². The topological polar surface area (TPSA) is 99.9 Å². The van der Waals surface area contributed by atoms with Gasteiger partial charge >= 0.3 is 5.69 Å². The Kier molecular flexibility index (Phi) is 4.43. The summed E-state index contributed by atoms with van der Waals surface area (Å²) in [4.78, 5) is 26.0. The number of benzene rings is 1. The van der Waals surface area contributed by atoms with E-state index >= 15 is 0 Å². The van der Waals surface area contributed by atoms with Crippen molar-refractivity contribution in [1.82, 2.24) is 14.6 Å².